The summed E-state index contributed by atoms with van der Waals surface area (Å²) in [5.74, 6) is -0.794. The summed E-state index contributed by atoms with van der Waals surface area (Å²) < 4.78 is 0. The van der Waals surface area contributed by atoms with Crippen molar-refractivity contribution in [3.63, 3.8) is 0 Å². The number of unbranched alkanes of at least 4 members (excludes halogenated alkanes) is 1. The van der Waals surface area contributed by atoms with Gasteiger partial charge in [-0.3, -0.25) is 4.79 Å². The Bertz CT molecular complexity index is 421. The van der Waals surface area contributed by atoms with Gasteiger partial charge in [0.15, 0.2) is 0 Å². The fraction of sp³-hybridized carbons (Fsp3) is 0.550. The molecule has 4 nitrogen and oxygen atoms in total. The number of carboxylic acid groups (broad SMARTS) is 1. The van der Waals surface area contributed by atoms with Crippen molar-refractivity contribution in [2.75, 3.05) is 0 Å². The fourth-order valence-corrected chi connectivity index (χ4v) is 1.98. The molecule has 136 valence electrons. The third-order valence-electron chi connectivity index (χ3n) is 3.41. The molecule has 0 aromatic carbocycles. The van der Waals surface area contributed by atoms with Crippen molar-refractivity contribution in [2.24, 2.45) is 0 Å². The summed E-state index contributed by atoms with van der Waals surface area (Å²) in [4.78, 5) is 10.3. The molecule has 4 heteroatoms. The first-order valence-corrected chi connectivity index (χ1v) is 8.75. The molecule has 0 unspecified atom stereocenters. The quantitative estimate of drug-likeness (QED) is 0.329. The Morgan fingerprint density at radius 2 is 1.33 bits per heavy atom. The van der Waals surface area contributed by atoms with Crippen molar-refractivity contribution in [1.82, 2.24) is 0 Å². The molecular formula is C20H32O4. The van der Waals surface area contributed by atoms with Crippen LogP contribution < -0.4 is 0 Å². The second kappa shape index (κ2) is 16.2. The molecule has 24 heavy (non-hydrogen) atoms. The van der Waals surface area contributed by atoms with Gasteiger partial charge in [-0.1, -0.05) is 55.5 Å². The van der Waals surface area contributed by atoms with E-state index in [0.29, 0.717) is 25.7 Å². The molecule has 0 aromatic rings. The Morgan fingerprint density at radius 1 is 0.833 bits per heavy atom. The van der Waals surface area contributed by atoms with Gasteiger partial charge in [0.2, 0.25) is 0 Å². The molecule has 0 bridgehead atoms. The van der Waals surface area contributed by atoms with Gasteiger partial charge in [-0.15, -0.1) is 0 Å². The van der Waals surface area contributed by atoms with Gasteiger partial charge in [-0.2, -0.15) is 0 Å². The average molecular weight is 336 g/mol. The van der Waals surface area contributed by atoms with Gasteiger partial charge in [0.05, 0.1) is 12.2 Å². The van der Waals surface area contributed by atoms with Crippen LogP contribution in [0.2, 0.25) is 0 Å². The summed E-state index contributed by atoms with van der Waals surface area (Å²) in [6.07, 6.45) is 19.5. The summed E-state index contributed by atoms with van der Waals surface area (Å²) in [5, 5.41) is 28.2. The molecule has 0 amide bonds. The van der Waals surface area contributed by atoms with Gasteiger partial charge in [-0.25, -0.2) is 0 Å². The van der Waals surface area contributed by atoms with E-state index >= 15 is 0 Å². The van der Waals surface area contributed by atoms with Crippen molar-refractivity contribution < 1.29 is 20.1 Å². The SMILES string of the molecule is CC/C=C\C/C=C\C/C=C\C[C@@H](O)[C@@H](O)C/C=C\CCCC(=O)O. The normalized spacial score (nSPS) is 15.1. The molecule has 0 fully saturated rings. The average Bonchev–Trinajstić information content (AvgIpc) is 2.55. The van der Waals surface area contributed by atoms with Gasteiger partial charge in [-0.05, 0) is 44.9 Å². The van der Waals surface area contributed by atoms with E-state index < -0.39 is 18.2 Å². The lowest BCUT2D eigenvalue weighted by Crippen LogP contribution is -2.24. The van der Waals surface area contributed by atoms with Crippen LogP contribution in [0.5, 0.6) is 0 Å². The third-order valence-corrected chi connectivity index (χ3v) is 3.41. The third kappa shape index (κ3) is 15.3. The lowest BCUT2D eigenvalue weighted by molar-refractivity contribution is -0.137. The zero-order chi connectivity index (χ0) is 18.0. The van der Waals surface area contributed by atoms with E-state index in [4.69, 9.17) is 5.11 Å². The highest BCUT2D eigenvalue weighted by atomic mass is 16.4. The van der Waals surface area contributed by atoms with Gasteiger partial charge >= 0.3 is 5.97 Å². The summed E-state index contributed by atoms with van der Waals surface area (Å²) in [6, 6.07) is 0. The van der Waals surface area contributed by atoms with Crippen LogP contribution >= 0.6 is 0 Å². The molecule has 0 saturated carbocycles. The maximum atomic E-state index is 10.3. The van der Waals surface area contributed by atoms with Crippen molar-refractivity contribution in [3.8, 4) is 0 Å². The first kappa shape index (κ1) is 22.4. The van der Waals surface area contributed by atoms with E-state index in [9.17, 15) is 15.0 Å². The molecule has 0 aromatic heterocycles. The molecule has 0 rings (SSSR count). The molecule has 3 N–H and O–H groups in total. The first-order valence-electron chi connectivity index (χ1n) is 8.75. The van der Waals surface area contributed by atoms with Gasteiger partial charge in [0.1, 0.15) is 0 Å². The van der Waals surface area contributed by atoms with Crippen LogP contribution in [-0.2, 0) is 4.79 Å². The number of allylic oxidation sites excluding steroid dienone is 6. The zero-order valence-corrected chi connectivity index (χ0v) is 14.7. The summed E-state index contributed by atoms with van der Waals surface area (Å²) in [7, 11) is 0. The van der Waals surface area contributed by atoms with Gasteiger partial charge in [0, 0.05) is 6.42 Å². The predicted molar refractivity (Wildman–Crippen MR) is 98.8 cm³/mol. The van der Waals surface area contributed by atoms with Crippen LogP contribution in [0.15, 0.2) is 48.6 Å². The predicted octanol–water partition coefficient (Wildman–Crippen LogP) is 4.16. The number of aliphatic hydroxyl groups excluding tert-OH is 2. The maximum Gasteiger partial charge on any atom is 0.303 e. The number of hydrogen-bond acceptors (Lipinski definition) is 3. The minimum Gasteiger partial charge on any atom is -0.481 e. The molecule has 0 aliphatic heterocycles. The molecular weight excluding hydrogens is 304 g/mol. The maximum absolute atomic E-state index is 10.3. The molecule has 0 aliphatic carbocycles. The van der Waals surface area contributed by atoms with Crippen LogP contribution in [-0.4, -0.2) is 33.5 Å². The number of rotatable bonds is 14. The van der Waals surface area contributed by atoms with Crippen molar-refractivity contribution in [1.29, 1.82) is 0 Å². The topological polar surface area (TPSA) is 77.8 Å². The second-order valence-electron chi connectivity index (χ2n) is 5.66. The van der Waals surface area contributed by atoms with E-state index in [0.717, 1.165) is 19.3 Å². The number of aliphatic hydroxyl groups is 2. The highest BCUT2D eigenvalue weighted by molar-refractivity contribution is 5.66. The van der Waals surface area contributed by atoms with E-state index in [1.54, 1.807) is 6.08 Å². The Balaban J connectivity index is 3.75. The van der Waals surface area contributed by atoms with E-state index in [2.05, 4.69) is 31.2 Å². The van der Waals surface area contributed by atoms with Crippen molar-refractivity contribution >= 4 is 5.97 Å². The summed E-state index contributed by atoms with van der Waals surface area (Å²) in [5.41, 5.74) is 0. The fourth-order valence-electron chi connectivity index (χ4n) is 1.98. The summed E-state index contributed by atoms with van der Waals surface area (Å²) in [6.45, 7) is 2.11. The van der Waals surface area contributed by atoms with Gasteiger partial charge in [0.25, 0.3) is 0 Å². The molecule has 0 saturated heterocycles. The highest BCUT2D eigenvalue weighted by Crippen LogP contribution is 2.07. The highest BCUT2D eigenvalue weighted by Gasteiger charge is 2.12. The Hall–Kier alpha value is -1.65. The van der Waals surface area contributed by atoms with Crippen LogP contribution in [0, 0.1) is 0 Å². The largest absolute Gasteiger partial charge is 0.481 e. The molecule has 2 atom stereocenters. The smallest absolute Gasteiger partial charge is 0.303 e. The van der Waals surface area contributed by atoms with Crippen LogP contribution in [0.3, 0.4) is 0 Å². The minimum atomic E-state index is -0.794. The lowest BCUT2D eigenvalue weighted by atomic mass is 10.1. The Morgan fingerprint density at radius 3 is 1.88 bits per heavy atom. The van der Waals surface area contributed by atoms with E-state index in [-0.39, 0.29) is 6.42 Å². The standard InChI is InChI=1S/C20H32O4/c1-2-3-4-5-6-7-8-9-12-15-18(21)19(22)16-13-10-11-14-17-20(23)24/h3-4,6-7,9-10,12-13,18-19,21-22H,2,5,8,11,14-17H2,1H3,(H,23,24)/b4-3-,7-6-,12-9-,13-10-/t18-,19+/m1/s1. The van der Waals surface area contributed by atoms with Crippen molar-refractivity contribution in [3.05, 3.63) is 48.6 Å². The molecule has 0 heterocycles. The van der Waals surface area contributed by atoms with Crippen LogP contribution in [0.25, 0.3) is 0 Å². The number of aliphatic carboxylic acids is 1. The second-order valence-corrected chi connectivity index (χ2v) is 5.66. The van der Waals surface area contributed by atoms with E-state index in [1.807, 2.05) is 18.2 Å². The summed E-state index contributed by atoms with van der Waals surface area (Å²) >= 11 is 0. The molecule has 0 radical (unpaired) electrons. The van der Waals surface area contributed by atoms with E-state index in [1.165, 1.54) is 0 Å². The zero-order valence-electron chi connectivity index (χ0n) is 14.7. The minimum absolute atomic E-state index is 0.156. The number of carboxylic acids is 1. The lowest BCUT2D eigenvalue weighted by Gasteiger charge is -2.14. The number of hydrogen-bond donors (Lipinski definition) is 3. The van der Waals surface area contributed by atoms with Crippen LogP contribution in [0.4, 0.5) is 0 Å². The van der Waals surface area contributed by atoms with Crippen LogP contribution in [0.1, 0.15) is 58.3 Å². The molecule has 0 spiro atoms. The Labute approximate surface area is 145 Å². The Kier molecular flexibility index (Phi) is 15.1. The molecule has 0 aliphatic rings. The number of carbonyl (C=O) groups is 1. The first-order chi connectivity index (χ1) is 11.6. The van der Waals surface area contributed by atoms with Crippen molar-refractivity contribution in [2.45, 2.75) is 70.5 Å². The monoisotopic (exact) mass is 336 g/mol. The van der Waals surface area contributed by atoms with Gasteiger partial charge < -0.3 is 15.3 Å².